The molecule has 0 spiro atoms. The molecule has 0 aliphatic carbocycles. The molecule has 0 unspecified atom stereocenters. The van der Waals surface area contributed by atoms with Gasteiger partial charge in [-0.1, -0.05) is 28.6 Å². The average Bonchev–Trinajstić information content (AvgIpc) is 3.10. The van der Waals surface area contributed by atoms with Crippen molar-refractivity contribution in [1.29, 1.82) is 0 Å². The van der Waals surface area contributed by atoms with Gasteiger partial charge >= 0.3 is 0 Å². The number of benzene rings is 1. The van der Waals surface area contributed by atoms with Crippen molar-refractivity contribution < 1.29 is 9.32 Å². The van der Waals surface area contributed by atoms with Gasteiger partial charge in [0, 0.05) is 11.3 Å². The maximum absolute atomic E-state index is 12.2. The average molecular weight is 361 g/mol. The third kappa shape index (κ3) is 3.47. The molecule has 24 heavy (non-hydrogen) atoms. The first-order valence-corrected chi connectivity index (χ1v) is 9.59. The van der Waals surface area contributed by atoms with Crippen molar-refractivity contribution in [2.45, 2.75) is 33.4 Å². The second-order valence-electron chi connectivity index (χ2n) is 5.74. The van der Waals surface area contributed by atoms with Crippen LogP contribution in [0.5, 0.6) is 0 Å². The van der Waals surface area contributed by atoms with E-state index in [1.807, 2.05) is 20.8 Å². The normalized spacial score (nSPS) is 11.2. The molecule has 0 aliphatic rings. The van der Waals surface area contributed by atoms with Crippen LogP contribution in [0.2, 0.25) is 0 Å². The highest BCUT2D eigenvalue weighted by Crippen LogP contribution is 2.31. The van der Waals surface area contributed by atoms with Gasteiger partial charge in [0.2, 0.25) is 5.91 Å². The Hall–Kier alpha value is -1.86. The highest BCUT2D eigenvalue weighted by molar-refractivity contribution is 7.99. The van der Waals surface area contributed by atoms with Crippen molar-refractivity contribution in [3.05, 3.63) is 40.3 Å². The van der Waals surface area contributed by atoms with E-state index in [-0.39, 0.29) is 5.91 Å². The lowest BCUT2D eigenvalue weighted by Gasteiger charge is -2.02. The summed E-state index contributed by atoms with van der Waals surface area (Å²) in [4.78, 5) is 16.7. The van der Waals surface area contributed by atoms with Gasteiger partial charge < -0.3 is 9.84 Å². The molecule has 0 saturated carbocycles. The van der Waals surface area contributed by atoms with E-state index in [1.54, 1.807) is 11.8 Å². The zero-order valence-electron chi connectivity index (χ0n) is 14.1. The molecule has 0 saturated heterocycles. The number of hydrogen-bond acceptors (Lipinski definition) is 6. The molecule has 2 heterocycles. The van der Waals surface area contributed by atoms with E-state index in [2.05, 4.69) is 34.5 Å². The summed E-state index contributed by atoms with van der Waals surface area (Å²) >= 11 is 3.07. The highest BCUT2D eigenvalue weighted by Gasteiger charge is 2.13. The molecule has 0 atom stereocenters. The minimum Gasteiger partial charge on any atom is -0.361 e. The summed E-state index contributed by atoms with van der Waals surface area (Å²) in [6.07, 6.45) is 0. The van der Waals surface area contributed by atoms with Crippen LogP contribution in [-0.4, -0.2) is 21.8 Å². The Balaban J connectivity index is 1.61. The van der Waals surface area contributed by atoms with Gasteiger partial charge in [-0.15, -0.1) is 11.8 Å². The fourth-order valence-corrected chi connectivity index (χ4v) is 4.43. The predicted molar refractivity (Wildman–Crippen MR) is 99.9 cm³/mol. The fraction of sp³-hybridized carbons (Fsp3) is 0.353. The number of nitrogens with zero attached hydrogens (tertiary/aromatic N) is 2. The van der Waals surface area contributed by atoms with E-state index in [0.29, 0.717) is 16.6 Å². The number of amides is 1. The van der Waals surface area contributed by atoms with Crippen molar-refractivity contribution in [1.82, 2.24) is 10.1 Å². The van der Waals surface area contributed by atoms with Crippen LogP contribution >= 0.6 is 23.1 Å². The van der Waals surface area contributed by atoms with Crippen LogP contribution in [0.3, 0.4) is 0 Å². The number of anilines is 1. The molecule has 1 aromatic carbocycles. The minimum absolute atomic E-state index is 0.0406. The molecule has 3 aromatic rings. The fourth-order valence-electron chi connectivity index (χ4n) is 2.42. The predicted octanol–water partition coefficient (Wildman–Crippen LogP) is 4.39. The lowest BCUT2D eigenvalue weighted by atomic mass is 10.1. The summed E-state index contributed by atoms with van der Waals surface area (Å²) in [5, 5.41) is 7.49. The Kier molecular flexibility index (Phi) is 4.91. The van der Waals surface area contributed by atoms with Crippen molar-refractivity contribution >= 4 is 44.4 Å². The monoisotopic (exact) mass is 361 g/mol. The van der Waals surface area contributed by atoms with Gasteiger partial charge in [0.05, 0.1) is 21.7 Å². The number of nitrogens with one attached hydrogen (secondary N) is 1. The number of rotatable bonds is 5. The summed E-state index contributed by atoms with van der Waals surface area (Å²) in [6, 6.07) is 4.14. The Morgan fingerprint density at radius 3 is 2.67 bits per heavy atom. The molecular weight excluding hydrogens is 342 g/mol. The van der Waals surface area contributed by atoms with Crippen molar-refractivity contribution in [3.63, 3.8) is 0 Å². The van der Waals surface area contributed by atoms with Gasteiger partial charge in [0.25, 0.3) is 0 Å². The molecule has 0 radical (unpaired) electrons. The summed E-state index contributed by atoms with van der Waals surface area (Å²) in [5.74, 6) is 1.86. The Labute approximate surface area is 148 Å². The number of fused-ring (bicyclic) bond motifs is 1. The van der Waals surface area contributed by atoms with Gasteiger partial charge in [0.1, 0.15) is 5.76 Å². The van der Waals surface area contributed by atoms with Crippen LogP contribution in [0.15, 0.2) is 16.7 Å². The first kappa shape index (κ1) is 17.0. The molecule has 0 fully saturated rings. The largest absolute Gasteiger partial charge is 0.361 e. The van der Waals surface area contributed by atoms with E-state index < -0.39 is 0 Å². The number of aryl methyl sites for hydroxylation is 4. The van der Waals surface area contributed by atoms with E-state index in [0.717, 1.165) is 32.8 Å². The molecule has 7 heteroatoms. The first-order valence-electron chi connectivity index (χ1n) is 7.62. The summed E-state index contributed by atoms with van der Waals surface area (Å²) in [5.41, 5.74) is 5.23. The maximum atomic E-state index is 12.2. The minimum atomic E-state index is -0.0406. The molecule has 0 bridgehead atoms. The van der Waals surface area contributed by atoms with Gasteiger partial charge in [-0.3, -0.25) is 4.79 Å². The molecule has 126 valence electrons. The quantitative estimate of drug-likeness (QED) is 0.730. The number of hydrogen-bond donors (Lipinski definition) is 1. The van der Waals surface area contributed by atoms with E-state index in [4.69, 9.17) is 4.52 Å². The summed E-state index contributed by atoms with van der Waals surface area (Å²) in [6.45, 7) is 7.90. The molecule has 1 amide bonds. The summed E-state index contributed by atoms with van der Waals surface area (Å²) < 4.78 is 6.27. The Bertz CT molecular complexity index is 840. The second-order valence-corrected chi connectivity index (χ2v) is 7.72. The van der Waals surface area contributed by atoms with E-state index >= 15 is 0 Å². The first-order chi connectivity index (χ1) is 11.5. The zero-order valence-corrected chi connectivity index (χ0v) is 15.7. The van der Waals surface area contributed by atoms with Crippen molar-refractivity contribution in [2.24, 2.45) is 0 Å². The number of aromatic nitrogens is 2. The van der Waals surface area contributed by atoms with Crippen LogP contribution < -0.4 is 5.32 Å². The second kappa shape index (κ2) is 6.94. The number of thioether (sulfide) groups is 1. The Morgan fingerprint density at radius 2 is 2.00 bits per heavy atom. The van der Waals surface area contributed by atoms with E-state index in [1.165, 1.54) is 16.9 Å². The van der Waals surface area contributed by atoms with Gasteiger partial charge in [-0.2, -0.15) is 0 Å². The smallest absolute Gasteiger partial charge is 0.236 e. The van der Waals surface area contributed by atoms with Gasteiger partial charge in [0.15, 0.2) is 5.13 Å². The molecule has 1 N–H and O–H groups in total. The third-order valence-corrected chi connectivity index (χ3v) is 5.91. The lowest BCUT2D eigenvalue weighted by Crippen LogP contribution is -2.14. The Morgan fingerprint density at radius 1 is 1.25 bits per heavy atom. The van der Waals surface area contributed by atoms with Crippen LogP contribution in [0, 0.1) is 27.7 Å². The number of carbonyl (C=O) groups excluding carboxylic acids is 1. The van der Waals surface area contributed by atoms with Crippen LogP contribution in [0.1, 0.15) is 28.1 Å². The topological polar surface area (TPSA) is 68.0 Å². The maximum Gasteiger partial charge on any atom is 0.236 e. The molecular formula is C17H19N3O2S2. The van der Waals surface area contributed by atoms with Crippen LogP contribution in [0.4, 0.5) is 5.13 Å². The molecule has 2 aromatic heterocycles. The van der Waals surface area contributed by atoms with Crippen molar-refractivity contribution in [3.8, 4) is 0 Å². The highest BCUT2D eigenvalue weighted by atomic mass is 32.2. The molecule has 5 nitrogen and oxygen atoms in total. The molecule has 0 aliphatic heterocycles. The van der Waals surface area contributed by atoms with Crippen molar-refractivity contribution in [2.75, 3.05) is 11.1 Å². The molecule has 3 rings (SSSR count). The van der Waals surface area contributed by atoms with E-state index in [9.17, 15) is 4.79 Å². The van der Waals surface area contributed by atoms with Gasteiger partial charge in [-0.05, 0) is 38.8 Å². The standard InChI is InChI=1S/C17H19N3O2S2/c1-9-5-6-10(2)16-15(9)19-17(24-16)18-14(21)8-23-7-13-11(3)20-22-12(13)4/h5-6H,7-8H2,1-4H3,(H,18,19,21). The van der Waals surface area contributed by atoms with Gasteiger partial charge in [-0.25, -0.2) is 4.98 Å². The van der Waals surface area contributed by atoms with Crippen LogP contribution in [-0.2, 0) is 10.5 Å². The van der Waals surface area contributed by atoms with Crippen LogP contribution in [0.25, 0.3) is 10.2 Å². The SMILES string of the molecule is Cc1noc(C)c1CSCC(=O)Nc1nc2c(C)ccc(C)c2s1. The zero-order chi connectivity index (χ0) is 17.3. The number of carbonyl (C=O) groups is 1. The lowest BCUT2D eigenvalue weighted by molar-refractivity contribution is -0.113. The summed E-state index contributed by atoms with van der Waals surface area (Å²) in [7, 11) is 0. The number of thiazole rings is 1. The third-order valence-electron chi connectivity index (χ3n) is 3.85.